The molecule has 2 aromatic heterocycles. The molecule has 160 valence electrons. The molecule has 1 aliphatic rings. The van der Waals surface area contributed by atoms with Crippen LogP contribution in [0, 0.1) is 0 Å². The summed E-state index contributed by atoms with van der Waals surface area (Å²) in [4.78, 5) is 19.7. The van der Waals surface area contributed by atoms with Crippen molar-refractivity contribution in [2.45, 2.75) is 38.3 Å². The smallest absolute Gasteiger partial charge is 0.290 e. The van der Waals surface area contributed by atoms with Crippen LogP contribution in [-0.4, -0.2) is 66.1 Å². The Hall–Kier alpha value is -2.72. The molecule has 1 fully saturated rings. The third-order valence-electron chi connectivity index (χ3n) is 4.63. The van der Waals surface area contributed by atoms with Gasteiger partial charge in [-0.15, -0.1) is 0 Å². The standard InChI is InChI=1S/C18H26N4O4.CH2O2/c1-23-11-8-16-20-18(26-21-16)14-6-4-5-10-22(14)12-13-17(25-3)15(24-2)7-9-19-13;2-1-3/h7,9,14H,4-6,8,10-12H2,1-3H3;1H,(H,2,3). The van der Waals surface area contributed by atoms with Crippen LogP contribution in [0.1, 0.15) is 42.7 Å². The van der Waals surface area contributed by atoms with Crippen LogP contribution in [0.25, 0.3) is 0 Å². The van der Waals surface area contributed by atoms with Gasteiger partial charge in [0.15, 0.2) is 17.3 Å². The lowest BCUT2D eigenvalue weighted by Gasteiger charge is -2.33. The zero-order chi connectivity index (χ0) is 21.1. The molecule has 3 rings (SSSR count). The van der Waals surface area contributed by atoms with E-state index < -0.39 is 0 Å². The fourth-order valence-corrected chi connectivity index (χ4v) is 3.31. The number of hydrogen-bond donors (Lipinski definition) is 1. The Morgan fingerprint density at radius 1 is 1.31 bits per heavy atom. The second-order valence-corrected chi connectivity index (χ2v) is 6.37. The molecule has 1 saturated heterocycles. The number of nitrogens with zero attached hydrogens (tertiary/aromatic N) is 4. The fraction of sp³-hybridized carbons (Fsp3) is 0.579. The zero-order valence-corrected chi connectivity index (χ0v) is 17.0. The summed E-state index contributed by atoms with van der Waals surface area (Å²) in [5.74, 6) is 2.71. The van der Waals surface area contributed by atoms with Crippen molar-refractivity contribution in [1.29, 1.82) is 0 Å². The van der Waals surface area contributed by atoms with Crippen LogP contribution in [0.4, 0.5) is 0 Å². The number of rotatable bonds is 8. The highest BCUT2D eigenvalue weighted by atomic mass is 16.5. The van der Waals surface area contributed by atoms with Gasteiger partial charge in [0, 0.05) is 32.3 Å². The number of carboxylic acid groups (broad SMARTS) is 1. The Kier molecular flexibility index (Phi) is 9.32. The van der Waals surface area contributed by atoms with E-state index in [-0.39, 0.29) is 12.5 Å². The molecule has 10 heteroatoms. The van der Waals surface area contributed by atoms with Crippen LogP contribution in [0.5, 0.6) is 11.5 Å². The van der Waals surface area contributed by atoms with E-state index in [9.17, 15) is 0 Å². The SMILES string of the molecule is COCCc1noc(C2CCCCN2Cc2nccc(OC)c2OC)n1.O=CO. The summed E-state index contributed by atoms with van der Waals surface area (Å²) in [6.45, 7) is 1.92. The summed E-state index contributed by atoms with van der Waals surface area (Å²) in [5.41, 5.74) is 0.845. The maximum atomic E-state index is 8.36. The molecule has 1 unspecified atom stereocenters. The number of likely N-dealkylation sites (tertiary alicyclic amines) is 1. The molecule has 0 spiro atoms. The Morgan fingerprint density at radius 3 is 2.79 bits per heavy atom. The Morgan fingerprint density at radius 2 is 2.10 bits per heavy atom. The molecule has 1 atom stereocenters. The normalized spacial score (nSPS) is 16.6. The summed E-state index contributed by atoms with van der Waals surface area (Å²) in [6.07, 6.45) is 5.65. The lowest BCUT2D eigenvalue weighted by Crippen LogP contribution is -2.33. The van der Waals surface area contributed by atoms with Gasteiger partial charge in [-0.3, -0.25) is 14.7 Å². The van der Waals surface area contributed by atoms with Crippen LogP contribution in [0.3, 0.4) is 0 Å². The Bertz CT molecular complexity index is 754. The highest BCUT2D eigenvalue weighted by Gasteiger charge is 2.30. The molecule has 0 saturated carbocycles. The molecular formula is C19H28N4O6. The number of aromatic nitrogens is 3. The van der Waals surface area contributed by atoms with E-state index >= 15 is 0 Å². The number of carbonyl (C=O) groups is 1. The summed E-state index contributed by atoms with van der Waals surface area (Å²) in [5, 5.41) is 11.0. The topological polar surface area (TPSA) is 120 Å². The molecule has 3 heterocycles. The first kappa shape index (κ1) is 22.6. The van der Waals surface area contributed by atoms with Crippen molar-refractivity contribution < 1.29 is 28.6 Å². The van der Waals surface area contributed by atoms with E-state index in [1.54, 1.807) is 33.6 Å². The van der Waals surface area contributed by atoms with Crippen molar-refractivity contribution in [3.05, 3.63) is 29.7 Å². The molecule has 0 aliphatic carbocycles. The molecule has 0 amide bonds. The van der Waals surface area contributed by atoms with Gasteiger partial charge in [-0.25, -0.2) is 0 Å². The monoisotopic (exact) mass is 408 g/mol. The maximum absolute atomic E-state index is 8.36. The van der Waals surface area contributed by atoms with Crippen molar-refractivity contribution in [2.75, 3.05) is 34.5 Å². The lowest BCUT2D eigenvalue weighted by molar-refractivity contribution is -0.122. The summed E-state index contributed by atoms with van der Waals surface area (Å²) in [7, 11) is 4.93. The lowest BCUT2D eigenvalue weighted by atomic mass is 10.0. The van der Waals surface area contributed by atoms with Gasteiger partial charge in [0.05, 0.1) is 26.9 Å². The van der Waals surface area contributed by atoms with E-state index in [0.717, 1.165) is 31.5 Å². The average Bonchev–Trinajstić information content (AvgIpc) is 3.21. The molecular weight excluding hydrogens is 380 g/mol. The number of hydrogen-bond acceptors (Lipinski definition) is 9. The van der Waals surface area contributed by atoms with Gasteiger partial charge in [-0.05, 0) is 19.4 Å². The van der Waals surface area contributed by atoms with Gasteiger partial charge < -0.3 is 23.8 Å². The van der Waals surface area contributed by atoms with Crippen molar-refractivity contribution in [3.63, 3.8) is 0 Å². The molecule has 29 heavy (non-hydrogen) atoms. The Balaban J connectivity index is 0.000000941. The average molecular weight is 408 g/mol. The van der Waals surface area contributed by atoms with E-state index in [1.165, 1.54) is 0 Å². The molecule has 0 bridgehead atoms. The van der Waals surface area contributed by atoms with Gasteiger partial charge in [0.25, 0.3) is 6.47 Å². The van der Waals surface area contributed by atoms with Crippen molar-refractivity contribution in [2.24, 2.45) is 0 Å². The largest absolute Gasteiger partial charge is 0.493 e. The number of ether oxygens (including phenoxy) is 3. The molecule has 0 aromatic carbocycles. The molecule has 2 aromatic rings. The molecule has 0 radical (unpaired) electrons. The summed E-state index contributed by atoms with van der Waals surface area (Å²) in [6, 6.07) is 1.89. The first-order valence-corrected chi connectivity index (χ1v) is 9.37. The number of piperidine rings is 1. The highest BCUT2D eigenvalue weighted by Crippen LogP contribution is 2.35. The van der Waals surface area contributed by atoms with Crippen molar-refractivity contribution in [3.8, 4) is 11.5 Å². The Labute approximate surface area is 169 Å². The zero-order valence-electron chi connectivity index (χ0n) is 17.0. The second-order valence-electron chi connectivity index (χ2n) is 6.37. The minimum atomic E-state index is -0.250. The van der Waals surface area contributed by atoms with E-state index in [4.69, 9.17) is 28.6 Å². The van der Waals surface area contributed by atoms with E-state index in [2.05, 4.69) is 20.0 Å². The number of methoxy groups -OCH3 is 3. The predicted octanol–water partition coefficient (Wildman–Crippen LogP) is 2.10. The molecule has 10 nitrogen and oxygen atoms in total. The fourth-order valence-electron chi connectivity index (χ4n) is 3.31. The summed E-state index contributed by atoms with van der Waals surface area (Å²) >= 11 is 0. The van der Waals surface area contributed by atoms with Gasteiger partial charge in [0.1, 0.15) is 5.69 Å². The van der Waals surface area contributed by atoms with Gasteiger partial charge in [-0.1, -0.05) is 11.6 Å². The number of pyridine rings is 1. The molecule has 1 aliphatic heterocycles. The van der Waals surface area contributed by atoms with Crippen molar-refractivity contribution >= 4 is 6.47 Å². The van der Waals surface area contributed by atoms with E-state index in [0.29, 0.717) is 42.8 Å². The van der Waals surface area contributed by atoms with Crippen LogP contribution in [-0.2, 0) is 22.5 Å². The van der Waals surface area contributed by atoms with Crippen LogP contribution in [0.15, 0.2) is 16.8 Å². The maximum Gasteiger partial charge on any atom is 0.290 e. The van der Waals surface area contributed by atoms with Gasteiger partial charge >= 0.3 is 0 Å². The molecule has 1 N–H and O–H groups in total. The summed E-state index contributed by atoms with van der Waals surface area (Å²) < 4.78 is 21.5. The minimum Gasteiger partial charge on any atom is -0.493 e. The van der Waals surface area contributed by atoms with Gasteiger partial charge in [0.2, 0.25) is 5.89 Å². The minimum absolute atomic E-state index is 0.0882. The van der Waals surface area contributed by atoms with Crippen LogP contribution >= 0.6 is 0 Å². The third-order valence-corrected chi connectivity index (χ3v) is 4.63. The third kappa shape index (κ3) is 6.13. The van der Waals surface area contributed by atoms with E-state index in [1.807, 2.05) is 0 Å². The quantitative estimate of drug-likeness (QED) is 0.650. The second kappa shape index (κ2) is 12.0. The van der Waals surface area contributed by atoms with Crippen molar-refractivity contribution in [1.82, 2.24) is 20.0 Å². The van der Waals surface area contributed by atoms with Gasteiger partial charge in [-0.2, -0.15) is 4.98 Å². The highest BCUT2D eigenvalue weighted by molar-refractivity contribution is 5.42. The first-order valence-electron chi connectivity index (χ1n) is 9.37. The van der Waals surface area contributed by atoms with Crippen LogP contribution in [0.2, 0.25) is 0 Å². The predicted molar refractivity (Wildman–Crippen MR) is 103 cm³/mol. The van der Waals surface area contributed by atoms with Crippen LogP contribution < -0.4 is 9.47 Å². The first-order chi connectivity index (χ1) is 14.2.